The number of pyridine rings is 1. The van der Waals surface area contributed by atoms with Gasteiger partial charge >= 0.3 is 0 Å². The first-order valence-electron chi connectivity index (χ1n) is 7.67. The molecule has 0 aliphatic carbocycles. The zero-order valence-corrected chi connectivity index (χ0v) is 12.7. The zero-order valence-electron chi connectivity index (χ0n) is 12.7. The maximum atomic E-state index is 12.2. The van der Waals surface area contributed by atoms with Crippen LogP contribution in [0.3, 0.4) is 0 Å². The lowest BCUT2D eigenvalue weighted by Crippen LogP contribution is -2.47. The van der Waals surface area contributed by atoms with Crippen molar-refractivity contribution in [3.8, 4) is 0 Å². The van der Waals surface area contributed by atoms with Crippen molar-refractivity contribution in [2.24, 2.45) is 0 Å². The molecule has 0 radical (unpaired) electrons. The summed E-state index contributed by atoms with van der Waals surface area (Å²) in [4.78, 5) is 35.9. The molecular weight excluding hydrogens is 294 g/mol. The zero-order chi connectivity index (χ0) is 16.1. The summed E-state index contributed by atoms with van der Waals surface area (Å²) in [6.45, 7) is 2.64. The molecule has 3 rings (SSSR count). The molecule has 2 N–H and O–H groups in total. The molecule has 1 saturated heterocycles. The molecule has 0 aromatic carbocycles. The number of H-pyrrole nitrogens is 1. The molecule has 1 aliphatic rings. The van der Waals surface area contributed by atoms with E-state index >= 15 is 0 Å². The Labute approximate surface area is 133 Å². The maximum Gasteiger partial charge on any atom is 0.271 e. The van der Waals surface area contributed by atoms with Crippen molar-refractivity contribution in [2.75, 3.05) is 13.1 Å². The van der Waals surface area contributed by atoms with Crippen molar-refractivity contribution in [1.82, 2.24) is 25.2 Å². The molecule has 0 saturated carbocycles. The largest absolute Gasteiger partial charge is 0.347 e. The van der Waals surface area contributed by atoms with Gasteiger partial charge in [-0.1, -0.05) is 6.07 Å². The third kappa shape index (κ3) is 4.23. The van der Waals surface area contributed by atoms with E-state index in [2.05, 4.69) is 31.2 Å². The number of hydrogen-bond donors (Lipinski definition) is 2. The van der Waals surface area contributed by atoms with E-state index in [1.807, 2.05) is 12.3 Å². The molecule has 120 valence electrons. The van der Waals surface area contributed by atoms with Gasteiger partial charge in [-0.15, -0.1) is 0 Å². The second-order valence-corrected chi connectivity index (χ2v) is 5.71. The second-order valence-electron chi connectivity index (χ2n) is 5.71. The number of rotatable bonds is 4. The minimum atomic E-state index is -0.318. The molecule has 1 amide bonds. The Bertz CT molecular complexity index is 695. The smallest absolute Gasteiger partial charge is 0.271 e. The Morgan fingerprint density at radius 2 is 2.35 bits per heavy atom. The summed E-state index contributed by atoms with van der Waals surface area (Å²) in [6.07, 6.45) is 8.06. The van der Waals surface area contributed by atoms with E-state index in [-0.39, 0.29) is 23.2 Å². The molecule has 0 bridgehead atoms. The van der Waals surface area contributed by atoms with E-state index in [0.29, 0.717) is 0 Å². The van der Waals surface area contributed by atoms with Crippen LogP contribution in [0, 0.1) is 0 Å². The van der Waals surface area contributed by atoms with Crippen molar-refractivity contribution in [1.29, 1.82) is 0 Å². The first-order chi connectivity index (χ1) is 11.2. The van der Waals surface area contributed by atoms with Gasteiger partial charge in [0, 0.05) is 37.7 Å². The first kappa shape index (κ1) is 15.4. The Morgan fingerprint density at radius 1 is 1.43 bits per heavy atom. The van der Waals surface area contributed by atoms with Gasteiger partial charge in [-0.05, 0) is 31.0 Å². The van der Waals surface area contributed by atoms with E-state index in [4.69, 9.17) is 0 Å². The van der Waals surface area contributed by atoms with Gasteiger partial charge in [-0.2, -0.15) is 0 Å². The van der Waals surface area contributed by atoms with Gasteiger partial charge in [0.05, 0.1) is 6.20 Å². The van der Waals surface area contributed by atoms with Crippen LogP contribution in [0.2, 0.25) is 0 Å². The minimum absolute atomic E-state index is 0.0849. The lowest BCUT2D eigenvalue weighted by Gasteiger charge is -2.33. The lowest BCUT2D eigenvalue weighted by molar-refractivity contribution is 0.0895. The highest BCUT2D eigenvalue weighted by Gasteiger charge is 2.22. The quantitative estimate of drug-likeness (QED) is 0.860. The summed E-state index contributed by atoms with van der Waals surface area (Å²) >= 11 is 0. The van der Waals surface area contributed by atoms with Crippen LogP contribution < -0.4 is 10.9 Å². The van der Waals surface area contributed by atoms with Crippen molar-refractivity contribution in [3.05, 3.63) is 58.5 Å². The number of aromatic amines is 1. The SMILES string of the molecule is O=C(N[C@@H]1CCCN(Cc2cccnc2)C1)c1c[nH]c(=O)cn1. The van der Waals surface area contributed by atoms with Crippen LogP contribution >= 0.6 is 0 Å². The Kier molecular flexibility index (Phi) is 4.77. The normalized spacial score (nSPS) is 18.5. The highest BCUT2D eigenvalue weighted by Crippen LogP contribution is 2.13. The average Bonchev–Trinajstić information content (AvgIpc) is 2.57. The number of nitrogens with zero attached hydrogens (tertiary/aromatic N) is 3. The Morgan fingerprint density at radius 3 is 3.09 bits per heavy atom. The van der Waals surface area contributed by atoms with Crippen LogP contribution in [-0.2, 0) is 6.54 Å². The minimum Gasteiger partial charge on any atom is -0.347 e. The van der Waals surface area contributed by atoms with Gasteiger partial charge in [0.2, 0.25) is 0 Å². The molecule has 7 nitrogen and oxygen atoms in total. The Balaban J connectivity index is 1.57. The molecule has 1 aliphatic heterocycles. The molecule has 0 unspecified atom stereocenters. The summed E-state index contributed by atoms with van der Waals surface area (Å²) in [6, 6.07) is 4.07. The number of carbonyl (C=O) groups is 1. The van der Waals surface area contributed by atoms with Crippen LogP contribution in [0.15, 0.2) is 41.7 Å². The molecule has 1 atom stereocenters. The summed E-state index contributed by atoms with van der Waals surface area (Å²) in [5.74, 6) is -0.255. The predicted molar refractivity (Wildman–Crippen MR) is 84.9 cm³/mol. The molecular formula is C16H19N5O2. The number of piperidine rings is 1. The number of aromatic nitrogens is 3. The number of hydrogen-bond acceptors (Lipinski definition) is 5. The number of likely N-dealkylation sites (tertiary alicyclic amines) is 1. The van der Waals surface area contributed by atoms with Crippen molar-refractivity contribution >= 4 is 5.91 Å². The fraction of sp³-hybridized carbons (Fsp3) is 0.375. The molecule has 7 heteroatoms. The van der Waals surface area contributed by atoms with E-state index < -0.39 is 0 Å². The molecule has 2 aromatic heterocycles. The summed E-state index contributed by atoms with van der Waals surface area (Å²) < 4.78 is 0. The van der Waals surface area contributed by atoms with Crippen LogP contribution in [0.4, 0.5) is 0 Å². The van der Waals surface area contributed by atoms with Gasteiger partial charge in [0.1, 0.15) is 5.69 Å². The molecule has 3 heterocycles. The highest BCUT2D eigenvalue weighted by atomic mass is 16.2. The molecule has 1 fully saturated rings. The average molecular weight is 313 g/mol. The second kappa shape index (κ2) is 7.15. The van der Waals surface area contributed by atoms with Gasteiger partial charge in [-0.3, -0.25) is 19.5 Å². The maximum absolute atomic E-state index is 12.2. The van der Waals surface area contributed by atoms with E-state index in [1.165, 1.54) is 11.8 Å². The third-order valence-corrected chi connectivity index (χ3v) is 3.87. The van der Waals surface area contributed by atoms with Crippen molar-refractivity contribution in [3.63, 3.8) is 0 Å². The van der Waals surface area contributed by atoms with E-state index in [0.717, 1.165) is 38.7 Å². The van der Waals surface area contributed by atoms with Gasteiger partial charge in [0.25, 0.3) is 11.5 Å². The molecule has 23 heavy (non-hydrogen) atoms. The van der Waals surface area contributed by atoms with Crippen molar-refractivity contribution < 1.29 is 4.79 Å². The fourth-order valence-electron chi connectivity index (χ4n) is 2.79. The predicted octanol–water partition coefficient (Wildman–Crippen LogP) is 0.559. The van der Waals surface area contributed by atoms with Gasteiger partial charge in [0.15, 0.2) is 0 Å². The number of nitrogens with one attached hydrogen (secondary N) is 2. The third-order valence-electron chi connectivity index (χ3n) is 3.87. The van der Waals surface area contributed by atoms with Crippen molar-refractivity contribution in [2.45, 2.75) is 25.4 Å². The van der Waals surface area contributed by atoms with Crippen LogP contribution in [0.5, 0.6) is 0 Å². The summed E-state index contributed by atoms with van der Waals surface area (Å²) in [5.41, 5.74) is 1.08. The van der Waals surface area contributed by atoms with Crippen LogP contribution in [0.1, 0.15) is 28.9 Å². The fourth-order valence-corrected chi connectivity index (χ4v) is 2.79. The summed E-state index contributed by atoms with van der Waals surface area (Å²) in [7, 11) is 0. The Hall–Kier alpha value is -2.54. The lowest BCUT2D eigenvalue weighted by atomic mass is 10.0. The molecule has 0 spiro atoms. The summed E-state index contributed by atoms with van der Waals surface area (Å²) in [5, 5.41) is 2.99. The number of carbonyl (C=O) groups excluding carboxylic acids is 1. The topological polar surface area (TPSA) is 91.0 Å². The monoisotopic (exact) mass is 313 g/mol. The van der Waals surface area contributed by atoms with Gasteiger partial charge < -0.3 is 10.3 Å². The van der Waals surface area contributed by atoms with E-state index in [9.17, 15) is 9.59 Å². The number of amides is 1. The van der Waals surface area contributed by atoms with Crippen LogP contribution in [0.25, 0.3) is 0 Å². The standard InChI is InChI=1S/C16H19N5O2/c22-15-9-18-14(8-19-15)16(23)20-13-4-2-6-21(11-13)10-12-3-1-5-17-7-12/h1,3,5,7-9,13H,2,4,6,10-11H2,(H,19,22)(H,20,23)/t13-/m1/s1. The van der Waals surface area contributed by atoms with Crippen LogP contribution in [-0.4, -0.2) is 44.9 Å². The van der Waals surface area contributed by atoms with E-state index in [1.54, 1.807) is 6.20 Å². The molecule has 2 aromatic rings. The first-order valence-corrected chi connectivity index (χ1v) is 7.67. The highest BCUT2D eigenvalue weighted by molar-refractivity contribution is 5.92. The van der Waals surface area contributed by atoms with Gasteiger partial charge in [-0.25, -0.2) is 4.98 Å².